The number of aromatic carboxylic acids is 1. The Morgan fingerprint density at radius 2 is 2.08 bits per heavy atom. The molecule has 13 heavy (non-hydrogen) atoms. The van der Waals surface area contributed by atoms with Crippen LogP contribution in [0, 0.1) is 5.13 Å². The molecule has 0 atom stereocenters. The molecule has 0 amide bonds. The van der Waals surface area contributed by atoms with Crippen LogP contribution in [0.1, 0.15) is 10.4 Å². The average Bonchev–Trinajstić information content (AvgIpc) is 2.39. The molecule has 4 heteroatoms. The van der Waals surface area contributed by atoms with Gasteiger partial charge in [0.25, 0.3) is 0 Å². The third kappa shape index (κ3) is 1.19. The summed E-state index contributed by atoms with van der Waals surface area (Å²) >= 11 is 0.860. The van der Waals surface area contributed by atoms with Gasteiger partial charge in [0.1, 0.15) is 5.56 Å². The van der Waals surface area contributed by atoms with E-state index >= 15 is 0 Å². The van der Waals surface area contributed by atoms with E-state index in [4.69, 9.17) is 5.11 Å². The summed E-state index contributed by atoms with van der Waals surface area (Å²) in [7, 11) is 0. The summed E-state index contributed by atoms with van der Waals surface area (Å²) < 4.78 is 13.8. The van der Waals surface area contributed by atoms with Gasteiger partial charge in [-0.05, 0) is 6.07 Å². The molecule has 0 spiro atoms. The van der Waals surface area contributed by atoms with Crippen LogP contribution in [-0.2, 0) is 0 Å². The zero-order chi connectivity index (χ0) is 9.42. The van der Waals surface area contributed by atoms with Crippen LogP contribution in [0.3, 0.4) is 0 Å². The van der Waals surface area contributed by atoms with Crippen molar-refractivity contribution >= 4 is 27.4 Å². The molecule has 2 aromatic rings. The molecule has 66 valence electrons. The summed E-state index contributed by atoms with van der Waals surface area (Å²) in [6.45, 7) is 0. The van der Waals surface area contributed by atoms with Gasteiger partial charge in [0.15, 0.2) is 5.13 Å². The SMILES string of the molecule is O=C(O)c1c(F)sc2ccccc12. The lowest BCUT2D eigenvalue weighted by Gasteiger charge is -1.90. The van der Waals surface area contributed by atoms with E-state index in [0.29, 0.717) is 10.1 Å². The monoisotopic (exact) mass is 196 g/mol. The normalized spacial score (nSPS) is 10.5. The second kappa shape index (κ2) is 2.81. The Balaban J connectivity index is 2.86. The van der Waals surface area contributed by atoms with Crippen molar-refractivity contribution in [3.05, 3.63) is 35.0 Å². The third-order valence-corrected chi connectivity index (χ3v) is 2.73. The highest BCUT2D eigenvalue weighted by molar-refractivity contribution is 7.17. The molecule has 0 radical (unpaired) electrons. The standard InChI is InChI=1S/C9H5FO2S/c10-8-7(9(11)12)5-3-1-2-4-6(5)13-8/h1-4H,(H,11,12). The number of hydrogen-bond acceptors (Lipinski definition) is 2. The van der Waals surface area contributed by atoms with Crippen LogP contribution >= 0.6 is 11.3 Å². The van der Waals surface area contributed by atoms with Crippen LogP contribution in [0.25, 0.3) is 10.1 Å². The van der Waals surface area contributed by atoms with Crippen LogP contribution in [-0.4, -0.2) is 11.1 Å². The van der Waals surface area contributed by atoms with E-state index in [1.54, 1.807) is 24.3 Å². The smallest absolute Gasteiger partial charge is 0.340 e. The maximum atomic E-state index is 13.1. The molecular formula is C9H5FO2S. The minimum atomic E-state index is -1.21. The van der Waals surface area contributed by atoms with Crippen molar-refractivity contribution in [1.82, 2.24) is 0 Å². The zero-order valence-electron chi connectivity index (χ0n) is 6.45. The molecule has 1 N–H and O–H groups in total. The van der Waals surface area contributed by atoms with Crippen LogP contribution in [0.5, 0.6) is 0 Å². The Morgan fingerprint density at radius 3 is 2.77 bits per heavy atom. The number of thiophene rings is 1. The van der Waals surface area contributed by atoms with Crippen LogP contribution in [0.15, 0.2) is 24.3 Å². The number of fused-ring (bicyclic) bond motifs is 1. The Hall–Kier alpha value is -1.42. The highest BCUT2D eigenvalue weighted by Crippen LogP contribution is 2.29. The highest BCUT2D eigenvalue weighted by Gasteiger charge is 2.17. The molecule has 0 fully saturated rings. The summed E-state index contributed by atoms with van der Waals surface area (Å²) in [5.74, 6) is -1.21. The number of benzene rings is 1. The molecular weight excluding hydrogens is 191 g/mol. The summed E-state index contributed by atoms with van der Waals surface area (Å²) in [6.07, 6.45) is 0. The van der Waals surface area contributed by atoms with E-state index in [2.05, 4.69) is 0 Å². The molecule has 0 saturated heterocycles. The molecule has 0 unspecified atom stereocenters. The minimum absolute atomic E-state index is 0.222. The molecule has 1 heterocycles. The van der Waals surface area contributed by atoms with E-state index in [1.807, 2.05) is 0 Å². The van der Waals surface area contributed by atoms with Crippen molar-refractivity contribution in [2.45, 2.75) is 0 Å². The van der Waals surface area contributed by atoms with Crippen molar-refractivity contribution in [2.24, 2.45) is 0 Å². The number of halogens is 1. The largest absolute Gasteiger partial charge is 0.478 e. The first-order valence-electron chi connectivity index (χ1n) is 3.60. The predicted octanol–water partition coefficient (Wildman–Crippen LogP) is 2.74. The fourth-order valence-corrected chi connectivity index (χ4v) is 2.13. The van der Waals surface area contributed by atoms with Gasteiger partial charge >= 0.3 is 5.97 Å². The van der Waals surface area contributed by atoms with Gasteiger partial charge in [-0.25, -0.2) is 4.79 Å². The van der Waals surface area contributed by atoms with Gasteiger partial charge in [0.2, 0.25) is 0 Å². The number of rotatable bonds is 1. The lowest BCUT2D eigenvalue weighted by molar-refractivity contribution is 0.0695. The van der Waals surface area contributed by atoms with E-state index in [1.165, 1.54) is 0 Å². The molecule has 2 nitrogen and oxygen atoms in total. The van der Waals surface area contributed by atoms with Crippen molar-refractivity contribution < 1.29 is 14.3 Å². The predicted molar refractivity (Wildman–Crippen MR) is 48.7 cm³/mol. The maximum absolute atomic E-state index is 13.1. The lowest BCUT2D eigenvalue weighted by Crippen LogP contribution is -1.96. The summed E-state index contributed by atoms with van der Waals surface area (Å²) in [6, 6.07) is 6.76. The summed E-state index contributed by atoms with van der Waals surface area (Å²) in [5, 5.41) is 8.56. The van der Waals surface area contributed by atoms with E-state index in [-0.39, 0.29) is 5.56 Å². The summed E-state index contributed by atoms with van der Waals surface area (Å²) in [5.41, 5.74) is -0.222. The van der Waals surface area contributed by atoms with Gasteiger partial charge in [0.05, 0.1) is 0 Å². The minimum Gasteiger partial charge on any atom is -0.478 e. The second-order valence-electron chi connectivity index (χ2n) is 2.55. The Kier molecular flexibility index (Phi) is 1.77. The van der Waals surface area contributed by atoms with Crippen molar-refractivity contribution in [2.75, 3.05) is 0 Å². The van der Waals surface area contributed by atoms with Crippen molar-refractivity contribution in [3.63, 3.8) is 0 Å². The van der Waals surface area contributed by atoms with Gasteiger partial charge in [-0.15, -0.1) is 11.3 Å². The van der Waals surface area contributed by atoms with Gasteiger partial charge in [-0.1, -0.05) is 18.2 Å². The van der Waals surface area contributed by atoms with E-state index in [9.17, 15) is 9.18 Å². The van der Waals surface area contributed by atoms with Crippen molar-refractivity contribution in [3.8, 4) is 0 Å². The fourth-order valence-electron chi connectivity index (χ4n) is 1.21. The van der Waals surface area contributed by atoms with Gasteiger partial charge in [-0.2, -0.15) is 4.39 Å². The molecule has 1 aromatic carbocycles. The van der Waals surface area contributed by atoms with Crippen molar-refractivity contribution in [1.29, 1.82) is 0 Å². The Morgan fingerprint density at radius 1 is 1.38 bits per heavy atom. The first-order chi connectivity index (χ1) is 6.20. The second-order valence-corrected chi connectivity index (χ2v) is 3.55. The molecule has 0 saturated carbocycles. The van der Waals surface area contributed by atoms with Crippen LogP contribution < -0.4 is 0 Å². The first-order valence-corrected chi connectivity index (χ1v) is 4.42. The van der Waals surface area contributed by atoms with Gasteiger partial charge in [-0.3, -0.25) is 0 Å². The first kappa shape index (κ1) is 8.19. The Labute approximate surface area is 77.2 Å². The van der Waals surface area contributed by atoms with Crippen LogP contribution in [0.2, 0.25) is 0 Å². The quantitative estimate of drug-likeness (QED) is 0.761. The number of carbonyl (C=O) groups is 1. The molecule has 0 aliphatic carbocycles. The Bertz CT molecular complexity index is 475. The average molecular weight is 196 g/mol. The third-order valence-electron chi connectivity index (χ3n) is 1.77. The number of carboxylic acids is 1. The zero-order valence-corrected chi connectivity index (χ0v) is 7.27. The van der Waals surface area contributed by atoms with Crippen LogP contribution in [0.4, 0.5) is 4.39 Å². The van der Waals surface area contributed by atoms with E-state index < -0.39 is 11.1 Å². The molecule has 0 bridgehead atoms. The van der Waals surface area contributed by atoms with Gasteiger partial charge in [0, 0.05) is 10.1 Å². The fraction of sp³-hybridized carbons (Fsp3) is 0. The topological polar surface area (TPSA) is 37.3 Å². The van der Waals surface area contributed by atoms with Gasteiger partial charge < -0.3 is 5.11 Å². The summed E-state index contributed by atoms with van der Waals surface area (Å²) in [4.78, 5) is 10.7. The highest BCUT2D eigenvalue weighted by atomic mass is 32.1. The number of carboxylic acid groups (broad SMARTS) is 1. The molecule has 0 aliphatic heterocycles. The number of hydrogen-bond donors (Lipinski definition) is 1. The lowest BCUT2D eigenvalue weighted by atomic mass is 10.2. The molecule has 2 rings (SSSR count). The molecule has 1 aromatic heterocycles. The van der Waals surface area contributed by atoms with E-state index in [0.717, 1.165) is 11.3 Å². The maximum Gasteiger partial charge on any atom is 0.340 e. The molecule has 0 aliphatic rings.